The Bertz CT molecular complexity index is 319. The van der Waals surface area contributed by atoms with Crippen LogP contribution in [0.2, 0.25) is 0 Å². The summed E-state index contributed by atoms with van der Waals surface area (Å²) in [6.07, 6.45) is 3.34. The van der Waals surface area contributed by atoms with Crippen LogP contribution in [-0.2, 0) is 11.2 Å². The fourth-order valence-electron chi connectivity index (χ4n) is 1.74. The Labute approximate surface area is 102 Å². The zero-order chi connectivity index (χ0) is 12.7. The van der Waals surface area contributed by atoms with Crippen molar-refractivity contribution in [2.75, 3.05) is 13.2 Å². The summed E-state index contributed by atoms with van der Waals surface area (Å²) >= 11 is 0. The van der Waals surface area contributed by atoms with E-state index in [4.69, 9.17) is 9.52 Å². The van der Waals surface area contributed by atoms with Gasteiger partial charge in [0.1, 0.15) is 5.76 Å². The van der Waals surface area contributed by atoms with Crippen molar-refractivity contribution >= 4 is 5.91 Å². The number of furan rings is 1. The maximum absolute atomic E-state index is 12.0. The number of carbonyl (C=O) groups is 1. The highest BCUT2D eigenvalue weighted by atomic mass is 16.3. The third-order valence-corrected chi connectivity index (χ3v) is 2.67. The molecule has 0 saturated heterocycles. The van der Waals surface area contributed by atoms with Gasteiger partial charge in [0.05, 0.1) is 6.26 Å². The van der Waals surface area contributed by atoms with Crippen LogP contribution in [-0.4, -0.2) is 35.1 Å². The lowest BCUT2D eigenvalue weighted by atomic mass is 10.2. The highest BCUT2D eigenvalue weighted by Gasteiger charge is 2.16. The van der Waals surface area contributed by atoms with Crippen LogP contribution < -0.4 is 0 Å². The molecular weight excluding hydrogens is 218 g/mol. The largest absolute Gasteiger partial charge is 0.469 e. The van der Waals surface area contributed by atoms with Crippen LogP contribution in [0.1, 0.15) is 32.4 Å². The monoisotopic (exact) mass is 239 g/mol. The van der Waals surface area contributed by atoms with E-state index in [-0.39, 0.29) is 18.6 Å². The van der Waals surface area contributed by atoms with Crippen molar-refractivity contribution < 1.29 is 14.3 Å². The first kappa shape index (κ1) is 13.8. The Balaban J connectivity index is 2.42. The summed E-state index contributed by atoms with van der Waals surface area (Å²) in [6, 6.07) is 3.87. The minimum atomic E-state index is 0.116. The molecule has 0 saturated carbocycles. The van der Waals surface area contributed by atoms with E-state index < -0.39 is 0 Å². The number of aliphatic hydroxyl groups excluding tert-OH is 1. The zero-order valence-electron chi connectivity index (χ0n) is 10.6. The molecule has 1 aromatic heterocycles. The smallest absolute Gasteiger partial charge is 0.223 e. The van der Waals surface area contributed by atoms with Gasteiger partial charge in [-0.1, -0.05) is 0 Å². The topological polar surface area (TPSA) is 53.7 Å². The first-order chi connectivity index (χ1) is 8.15. The number of nitrogens with zero attached hydrogens (tertiary/aromatic N) is 1. The summed E-state index contributed by atoms with van der Waals surface area (Å²) in [7, 11) is 0. The zero-order valence-corrected chi connectivity index (χ0v) is 10.6. The summed E-state index contributed by atoms with van der Waals surface area (Å²) < 4.78 is 5.19. The van der Waals surface area contributed by atoms with E-state index in [1.807, 2.05) is 26.0 Å². The fraction of sp³-hybridized carbons (Fsp3) is 0.615. The summed E-state index contributed by atoms with van der Waals surface area (Å²) in [5, 5.41) is 8.81. The van der Waals surface area contributed by atoms with Crippen molar-refractivity contribution in [3.8, 4) is 0 Å². The number of hydrogen-bond donors (Lipinski definition) is 1. The molecule has 96 valence electrons. The highest BCUT2D eigenvalue weighted by molar-refractivity contribution is 5.76. The third-order valence-electron chi connectivity index (χ3n) is 2.67. The summed E-state index contributed by atoms with van der Waals surface area (Å²) in [6.45, 7) is 4.71. The molecule has 0 bridgehead atoms. The molecule has 1 heterocycles. The SMILES string of the molecule is CC(C)N(CCCO)C(=O)CCc1ccco1. The van der Waals surface area contributed by atoms with Crippen molar-refractivity contribution in [3.05, 3.63) is 24.2 Å². The molecule has 0 aromatic carbocycles. The molecule has 4 heteroatoms. The van der Waals surface area contributed by atoms with Crippen molar-refractivity contribution in [1.82, 2.24) is 4.90 Å². The van der Waals surface area contributed by atoms with Crippen molar-refractivity contribution in [3.63, 3.8) is 0 Å². The molecule has 1 amide bonds. The van der Waals surface area contributed by atoms with Gasteiger partial charge in [0, 0.05) is 32.0 Å². The van der Waals surface area contributed by atoms with Gasteiger partial charge in [0.2, 0.25) is 5.91 Å². The number of aliphatic hydroxyl groups is 1. The summed E-state index contributed by atoms with van der Waals surface area (Å²) in [5.74, 6) is 0.953. The van der Waals surface area contributed by atoms with E-state index in [0.717, 1.165) is 5.76 Å². The van der Waals surface area contributed by atoms with E-state index in [1.54, 1.807) is 11.2 Å². The number of aryl methyl sites for hydroxylation is 1. The van der Waals surface area contributed by atoms with E-state index >= 15 is 0 Å². The second kappa shape index (κ2) is 7.12. The Morgan fingerprint density at radius 3 is 2.82 bits per heavy atom. The molecule has 0 aliphatic heterocycles. The average Bonchev–Trinajstić information content (AvgIpc) is 2.79. The van der Waals surface area contributed by atoms with Gasteiger partial charge in [0.25, 0.3) is 0 Å². The lowest BCUT2D eigenvalue weighted by molar-refractivity contribution is -0.133. The minimum Gasteiger partial charge on any atom is -0.469 e. The Morgan fingerprint density at radius 2 is 2.29 bits per heavy atom. The molecular formula is C13H21NO3. The molecule has 1 N–H and O–H groups in total. The molecule has 17 heavy (non-hydrogen) atoms. The second-order valence-corrected chi connectivity index (χ2v) is 4.34. The van der Waals surface area contributed by atoms with E-state index in [9.17, 15) is 4.79 Å². The van der Waals surface area contributed by atoms with Crippen LogP contribution >= 0.6 is 0 Å². The summed E-state index contributed by atoms with van der Waals surface area (Å²) in [5.41, 5.74) is 0. The van der Waals surface area contributed by atoms with Gasteiger partial charge in [-0.2, -0.15) is 0 Å². The van der Waals surface area contributed by atoms with Gasteiger partial charge in [0.15, 0.2) is 0 Å². The number of amides is 1. The molecule has 1 rings (SSSR count). The van der Waals surface area contributed by atoms with Gasteiger partial charge in [-0.3, -0.25) is 4.79 Å². The number of rotatable bonds is 7. The van der Waals surface area contributed by atoms with Crippen LogP contribution in [0.3, 0.4) is 0 Å². The van der Waals surface area contributed by atoms with Crippen molar-refractivity contribution in [2.45, 2.75) is 39.2 Å². The molecule has 0 unspecified atom stereocenters. The molecule has 0 aliphatic rings. The number of carbonyl (C=O) groups excluding carboxylic acids is 1. The molecule has 0 radical (unpaired) electrons. The van der Waals surface area contributed by atoms with Gasteiger partial charge < -0.3 is 14.4 Å². The predicted molar refractivity (Wildman–Crippen MR) is 65.6 cm³/mol. The predicted octanol–water partition coefficient (Wildman–Crippen LogP) is 1.83. The molecule has 0 spiro atoms. The van der Waals surface area contributed by atoms with Gasteiger partial charge in [-0.15, -0.1) is 0 Å². The number of hydrogen-bond acceptors (Lipinski definition) is 3. The van der Waals surface area contributed by atoms with Crippen LogP contribution in [0.25, 0.3) is 0 Å². The van der Waals surface area contributed by atoms with E-state index in [2.05, 4.69) is 0 Å². The van der Waals surface area contributed by atoms with E-state index in [0.29, 0.717) is 25.8 Å². The first-order valence-corrected chi connectivity index (χ1v) is 6.08. The third kappa shape index (κ3) is 4.61. The van der Waals surface area contributed by atoms with Gasteiger partial charge in [-0.25, -0.2) is 0 Å². The maximum Gasteiger partial charge on any atom is 0.223 e. The van der Waals surface area contributed by atoms with Crippen LogP contribution in [0.4, 0.5) is 0 Å². The highest BCUT2D eigenvalue weighted by Crippen LogP contribution is 2.08. The lowest BCUT2D eigenvalue weighted by Crippen LogP contribution is -2.38. The van der Waals surface area contributed by atoms with E-state index in [1.165, 1.54) is 0 Å². The Kier molecular flexibility index (Phi) is 5.77. The van der Waals surface area contributed by atoms with Crippen LogP contribution in [0.5, 0.6) is 0 Å². The average molecular weight is 239 g/mol. The van der Waals surface area contributed by atoms with Crippen molar-refractivity contribution in [1.29, 1.82) is 0 Å². The van der Waals surface area contributed by atoms with Crippen molar-refractivity contribution in [2.24, 2.45) is 0 Å². The Hall–Kier alpha value is -1.29. The van der Waals surface area contributed by atoms with Crippen LogP contribution in [0, 0.1) is 0 Å². The normalized spacial score (nSPS) is 10.8. The second-order valence-electron chi connectivity index (χ2n) is 4.34. The lowest BCUT2D eigenvalue weighted by Gasteiger charge is -2.26. The van der Waals surface area contributed by atoms with Gasteiger partial charge >= 0.3 is 0 Å². The molecule has 1 aromatic rings. The van der Waals surface area contributed by atoms with Gasteiger partial charge in [-0.05, 0) is 32.4 Å². The molecule has 4 nitrogen and oxygen atoms in total. The van der Waals surface area contributed by atoms with Crippen LogP contribution in [0.15, 0.2) is 22.8 Å². The summed E-state index contributed by atoms with van der Waals surface area (Å²) in [4.78, 5) is 13.8. The minimum absolute atomic E-state index is 0.116. The maximum atomic E-state index is 12.0. The first-order valence-electron chi connectivity index (χ1n) is 6.08. The molecule has 0 atom stereocenters. The quantitative estimate of drug-likeness (QED) is 0.789. The molecule has 0 aliphatic carbocycles. The standard InChI is InChI=1S/C13H21NO3/c1-11(2)14(8-4-9-15)13(16)7-6-12-5-3-10-17-12/h3,5,10-11,15H,4,6-9H2,1-2H3. The molecule has 0 fully saturated rings. The fourth-order valence-corrected chi connectivity index (χ4v) is 1.74. The Morgan fingerprint density at radius 1 is 1.53 bits per heavy atom.